The van der Waals surface area contributed by atoms with Crippen molar-refractivity contribution in [3.8, 4) is 11.1 Å². The summed E-state index contributed by atoms with van der Waals surface area (Å²) in [5.74, 6) is 0. The molecule has 0 aliphatic carbocycles. The largest absolute Gasteiger partial charge is 0.433 e. The summed E-state index contributed by atoms with van der Waals surface area (Å²) in [6.45, 7) is 0. The first-order valence-electron chi connectivity index (χ1n) is 5.47. The molecule has 0 spiro atoms. The van der Waals surface area contributed by atoms with Crippen LogP contribution in [0.2, 0.25) is 0 Å². The summed E-state index contributed by atoms with van der Waals surface area (Å²) < 4.78 is 40.2. The van der Waals surface area contributed by atoms with Gasteiger partial charge in [0.2, 0.25) is 0 Å². The van der Waals surface area contributed by atoms with Crippen LogP contribution in [0.25, 0.3) is 16.8 Å². The van der Waals surface area contributed by atoms with E-state index in [2.05, 4.69) is 31.0 Å². The highest BCUT2D eigenvalue weighted by Crippen LogP contribution is 2.31. The van der Waals surface area contributed by atoms with Gasteiger partial charge in [-0.2, -0.15) is 18.3 Å². The molecular formula is C12H6BrF3N4. The number of rotatable bonds is 1. The molecule has 3 aromatic heterocycles. The second-order valence-corrected chi connectivity index (χ2v) is 4.94. The number of aromatic nitrogens is 4. The van der Waals surface area contributed by atoms with Gasteiger partial charge >= 0.3 is 6.18 Å². The molecule has 3 aromatic rings. The molecule has 20 heavy (non-hydrogen) atoms. The minimum atomic E-state index is -4.48. The van der Waals surface area contributed by atoms with Crippen molar-refractivity contribution < 1.29 is 13.2 Å². The first-order valence-corrected chi connectivity index (χ1v) is 6.27. The topological polar surface area (TPSA) is 43.1 Å². The highest BCUT2D eigenvalue weighted by molar-refractivity contribution is 9.10. The number of alkyl halides is 3. The minimum Gasteiger partial charge on any atom is -0.252 e. The molecule has 0 amide bonds. The molecule has 0 aliphatic rings. The zero-order chi connectivity index (χ0) is 14.3. The van der Waals surface area contributed by atoms with Gasteiger partial charge in [0.1, 0.15) is 5.69 Å². The van der Waals surface area contributed by atoms with E-state index in [9.17, 15) is 13.2 Å². The molecule has 0 unspecified atom stereocenters. The third-order valence-corrected chi connectivity index (χ3v) is 3.10. The Morgan fingerprint density at radius 3 is 2.70 bits per heavy atom. The van der Waals surface area contributed by atoms with Crippen molar-refractivity contribution in [2.24, 2.45) is 0 Å². The van der Waals surface area contributed by atoms with Crippen molar-refractivity contribution in [3.63, 3.8) is 0 Å². The van der Waals surface area contributed by atoms with Crippen LogP contribution in [0.5, 0.6) is 0 Å². The van der Waals surface area contributed by atoms with Gasteiger partial charge in [-0.15, -0.1) is 0 Å². The molecule has 0 atom stereocenters. The average Bonchev–Trinajstić information content (AvgIpc) is 2.80. The highest BCUT2D eigenvalue weighted by atomic mass is 79.9. The first-order chi connectivity index (χ1) is 9.45. The summed E-state index contributed by atoms with van der Waals surface area (Å²) in [6, 6.07) is 2.48. The summed E-state index contributed by atoms with van der Waals surface area (Å²) in [5.41, 5.74) is 0.432. The molecule has 0 aromatic carbocycles. The minimum absolute atomic E-state index is 0.372. The SMILES string of the molecule is FC(F)(F)c1cc(-c2cnn3cc(Br)cnc23)ccn1. The molecule has 3 heterocycles. The highest BCUT2D eigenvalue weighted by Gasteiger charge is 2.32. The van der Waals surface area contributed by atoms with Crippen LogP contribution in [0.1, 0.15) is 5.69 Å². The third-order valence-electron chi connectivity index (χ3n) is 2.69. The van der Waals surface area contributed by atoms with E-state index in [1.807, 2.05) is 0 Å². The fourth-order valence-electron chi connectivity index (χ4n) is 1.81. The Bertz CT molecular complexity index is 782. The van der Waals surface area contributed by atoms with Crippen LogP contribution in [-0.2, 0) is 6.18 Å². The molecule has 4 nitrogen and oxygen atoms in total. The van der Waals surface area contributed by atoms with E-state index >= 15 is 0 Å². The Hall–Kier alpha value is -1.96. The van der Waals surface area contributed by atoms with Gasteiger partial charge in [-0.25, -0.2) is 9.50 Å². The molecule has 3 rings (SSSR count). The molecular weight excluding hydrogens is 337 g/mol. The van der Waals surface area contributed by atoms with Gasteiger partial charge in [0.05, 0.1) is 10.7 Å². The van der Waals surface area contributed by atoms with E-state index in [1.165, 1.54) is 16.8 Å². The lowest BCUT2D eigenvalue weighted by Gasteiger charge is -2.06. The fraction of sp³-hybridized carbons (Fsp3) is 0.0833. The molecule has 0 bridgehead atoms. The van der Waals surface area contributed by atoms with Crippen molar-refractivity contribution in [2.75, 3.05) is 0 Å². The Morgan fingerprint density at radius 1 is 1.15 bits per heavy atom. The zero-order valence-corrected chi connectivity index (χ0v) is 11.4. The molecule has 102 valence electrons. The maximum absolute atomic E-state index is 12.7. The van der Waals surface area contributed by atoms with Gasteiger partial charge in [0.15, 0.2) is 5.65 Å². The fourth-order valence-corrected chi connectivity index (χ4v) is 2.10. The summed E-state index contributed by atoms with van der Waals surface area (Å²) in [5, 5.41) is 4.07. The summed E-state index contributed by atoms with van der Waals surface area (Å²) in [6.07, 6.45) is 1.37. The Kier molecular flexibility index (Phi) is 2.97. The van der Waals surface area contributed by atoms with E-state index < -0.39 is 11.9 Å². The molecule has 0 fully saturated rings. The number of nitrogens with zero attached hydrogens (tertiary/aromatic N) is 4. The average molecular weight is 343 g/mol. The van der Waals surface area contributed by atoms with Gasteiger partial charge < -0.3 is 0 Å². The van der Waals surface area contributed by atoms with E-state index in [-0.39, 0.29) is 0 Å². The van der Waals surface area contributed by atoms with E-state index in [1.54, 1.807) is 12.4 Å². The van der Waals surface area contributed by atoms with Crippen LogP contribution in [0.4, 0.5) is 13.2 Å². The van der Waals surface area contributed by atoms with E-state index in [0.29, 0.717) is 16.8 Å². The van der Waals surface area contributed by atoms with Crippen molar-refractivity contribution in [2.45, 2.75) is 6.18 Å². The molecule has 0 aliphatic heterocycles. The summed E-state index contributed by atoms with van der Waals surface area (Å²) in [7, 11) is 0. The Labute approximate surface area is 119 Å². The number of hydrogen-bond donors (Lipinski definition) is 0. The van der Waals surface area contributed by atoms with Crippen LogP contribution in [0, 0.1) is 0 Å². The van der Waals surface area contributed by atoms with Gasteiger partial charge in [-0.1, -0.05) is 0 Å². The van der Waals surface area contributed by atoms with Crippen LogP contribution in [0.3, 0.4) is 0 Å². The monoisotopic (exact) mass is 342 g/mol. The quantitative estimate of drug-likeness (QED) is 0.678. The standard InChI is InChI=1S/C12H6BrF3N4/c13-8-4-18-11-9(5-19-20(11)6-8)7-1-2-17-10(3-7)12(14,15)16/h1-6H. The van der Waals surface area contributed by atoms with E-state index in [4.69, 9.17) is 0 Å². The van der Waals surface area contributed by atoms with Crippen LogP contribution in [-0.4, -0.2) is 19.6 Å². The van der Waals surface area contributed by atoms with Crippen LogP contribution in [0.15, 0.2) is 41.4 Å². The zero-order valence-electron chi connectivity index (χ0n) is 9.76. The normalized spacial score (nSPS) is 12.0. The maximum Gasteiger partial charge on any atom is 0.433 e. The lowest BCUT2D eigenvalue weighted by molar-refractivity contribution is -0.141. The summed E-state index contributed by atoms with van der Waals surface area (Å²) >= 11 is 3.25. The number of hydrogen-bond acceptors (Lipinski definition) is 3. The predicted molar refractivity (Wildman–Crippen MR) is 68.9 cm³/mol. The lowest BCUT2D eigenvalue weighted by Crippen LogP contribution is -2.07. The maximum atomic E-state index is 12.7. The molecule has 0 radical (unpaired) electrons. The van der Waals surface area contributed by atoms with Crippen molar-refractivity contribution >= 4 is 21.6 Å². The smallest absolute Gasteiger partial charge is 0.252 e. The van der Waals surface area contributed by atoms with Gasteiger partial charge in [-0.3, -0.25) is 4.98 Å². The van der Waals surface area contributed by atoms with Crippen molar-refractivity contribution in [3.05, 3.63) is 47.1 Å². The number of pyridine rings is 1. The molecule has 0 saturated carbocycles. The van der Waals surface area contributed by atoms with Gasteiger partial charge in [-0.05, 0) is 33.6 Å². The number of halogens is 4. The molecule has 0 saturated heterocycles. The van der Waals surface area contributed by atoms with Gasteiger partial charge in [0.25, 0.3) is 0 Å². The van der Waals surface area contributed by atoms with Crippen molar-refractivity contribution in [1.82, 2.24) is 19.6 Å². The third kappa shape index (κ3) is 2.26. The second-order valence-electron chi connectivity index (χ2n) is 4.03. The van der Waals surface area contributed by atoms with Gasteiger partial charge in [0, 0.05) is 24.2 Å². The second kappa shape index (κ2) is 4.55. The van der Waals surface area contributed by atoms with Crippen LogP contribution < -0.4 is 0 Å². The van der Waals surface area contributed by atoms with E-state index in [0.717, 1.165) is 16.7 Å². The number of fused-ring (bicyclic) bond motifs is 1. The lowest BCUT2D eigenvalue weighted by atomic mass is 10.1. The molecule has 8 heteroatoms. The molecule has 0 N–H and O–H groups in total. The Morgan fingerprint density at radius 2 is 1.95 bits per heavy atom. The Balaban J connectivity index is 2.16. The predicted octanol–water partition coefficient (Wildman–Crippen LogP) is 3.57. The van der Waals surface area contributed by atoms with Crippen molar-refractivity contribution in [1.29, 1.82) is 0 Å². The van der Waals surface area contributed by atoms with Crippen LogP contribution >= 0.6 is 15.9 Å². The summed E-state index contributed by atoms with van der Waals surface area (Å²) in [4.78, 5) is 7.50. The first kappa shape index (κ1) is 13.0.